The van der Waals surface area contributed by atoms with Crippen molar-refractivity contribution in [3.05, 3.63) is 29.6 Å². The first-order valence-electron chi connectivity index (χ1n) is 7.84. The highest BCUT2D eigenvalue weighted by Gasteiger charge is 2.56. The van der Waals surface area contributed by atoms with Crippen LogP contribution >= 0.6 is 0 Å². The van der Waals surface area contributed by atoms with E-state index in [1.54, 1.807) is 11.0 Å². The average molecular weight is 356 g/mol. The Morgan fingerprint density at radius 2 is 2.04 bits per heavy atom. The summed E-state index contributed by atoms with van der Waals surface area (Å²) in [6, 6.07) is 4.17. The molecule has 1 heterocycles. The highest BCUT2D eigenvalue weighted by molar-refractivity contribution is 7.88. The first kappa shape index (κ1) is 17.2. The lowest BCUT2D eigenvalue weighted by atomic mass is 9.92. The molecule has 132 valence electrons. The summed E-state index contributed by atoms with van der Waals surface area (Å²) in [7, 11) is -1.83. The third kappa shape index (κ3) is 3.39. The number of sulfonamides is 1. The Morgan fingerprint density at radius 1 is 1.38 bits per heavy atom. The van der Waals surface area contributed by atoms with Crippen LogP contribution in [0, 0.1) is 11.2 Å². The predicted molar refractivity (Wildman–Crippen MR) is 86.9 cm³/mol. The van der Waals surface area contributed by atoms with Crippen LogP contribution in [-0.2, 0) is 10.0 Å². The van der Waals surface area contributed by atoms with Crippen molar-refractivity contribution in [1.29, 1.82) is 0 Å². The van der Waals surface area contributed by atoms with Crippen LogP contribution in [0.3, 0.4) is 0 Å². The number of ether oxygens (including phenoxy) is 1. The topological polar surface area (TPSA) is 75.7 Å². The molecule has 2 aliphatic rings. The van der Waals surface area contributed by atoms with Crippen molar-refractivity contribution >= 4 is 15.9 Å². The summed E-state index contributed by atoms with van der Waals surface area (Å²) in [6.45, 7) is 1.10. The zero-order valence-electron chi connectivity index (χ0n) is 13.7. The standard InChI is InChI=1S/C16H21FN2O4S/c1-23-13-4-3-11(9-12(13)17)15(20)19-7-5-16(6-8-19)10-14(16)18-24(2,21)22/h3-4,9,14,18H,5-8,10H2,1-2H3/t14-/m0/s1. The summed E-state index contributed by atoms with van der Waals surface area (Å²) in [5, 5.41) is 0. The van der Waals surface area contributed by atoms with Gasteiger partial charge < -0.3 is 9.64 Å². The Kier molecular flexibility index (Phi) is 4.29. The van der Waals surface area contributed by atoms with Gasteiger partial charge in [0.15, 0.2) is 11.6 Å². The summed E-state index contributed by atoms with van der Waals surface area (Å²) in [4.78, 5) is 14.2. The lowest BCUT2D eigenvalue weighted by molar-refractivity contribution is 0.0673. The molecule has 0 radical (unpaired) electrons. The van der Waals surface area contributed by atoms with E-state index in [1.807, 2.05) is 0 Å². The second-order valence-electron chi connectivity index (χ2n) is 6.65. The van der Waals surface area contributed by atoms with Gasteiger partial charge in [-0.25, -0.2) is 17.5 Å². The van der Waals surface area contributed by atoms with Gasteiger partial charge in [-0.2, -0.15) is 0 Å². The number of carbonyl (C=O) groups is 1. The van der Waals surface area contributed by atoms with Crippen LogP contribution in [-0.4, -0.2) is 51.7 Å². The highest BCUT2D eigenvalue weighted by atomic mass is 32.2. The normalized spacial score (nSPS) is 22.5. The summed E-state index contributed by atoms with van der Waals surface area (Å²) >= 11 is 0. The van der Waals surface area contributed by atoms with Gasteiger partial charge in [0.1, 0.15) is 0 Å². The van der Waals surface area contributed by atoms with Gasteiger partial charge >= 0.3 is 0 Å². The third-order valence-corrected chi connectivity index (χ3v) is 5.70. The van der Waals surface area contributed by atoms with Crippen LogP contribution < -0.4 is 9.46 Å². The number of halogens is 1. The Hall–Kier alpha value is -1.67. The maximum atomic E-state index is 13.8. The molecular formula is C16H21FN2O4S. The fraction of sp³-hybridized carbons (Fsp3) is 0.562. The van der Waals surface area contributed by atoms with Crippen LogP contribution in [0.15, 0.2) is 18.2 Å². The first-order chi connectivity index (χ1) is 11.2. The van der Waals surface area contributed by atoms with E-state index < -0.39 is 15.8 Å². The van der Waals surface area contributed by atoms with E-state index in [0.717, 1.165) is 25.5 Å². The highest BCUT2D eigenvalue weighted by Crippen LogP contribution is 2.54. The minimum atomic E-state index is -3.20. The number of benzene rings is 1. The molecule has 0 unspecified atom stereocenters. The van der Waals surface area contributed by atoms with Crippen LogP contribution in [0.1, 0.15) is 29.6 Å². The average Bonchev–Trinajstić information content (AvgIpc) is 3.16. The van der Waals surface area contributed by atoms with E-state index in [2.05, 4.69) is 4.72 Å². The molecule has 1 aromatic rings. The van der Waals surface area contributed by atoms with Crippen molar-refractivity contribution in [3.63, 3.8) is 0 Å². The summed E-state index contributed by atoms with van der Waals surface area (Å²) in [5.41, 5.74) is 0.274. The molecule has 1 aromatic carbocycles. The molecule has 24 heavy (non-hydrogen) atoms. The van der Waals surface area contributed by atoms with Gasteiger partial charge in [-0.05, 0) is 42.9 Å². The van der Waals surface area contributed by atoms with Gasteiger partial charge in [-0.15, -0.1) is 0 Å². The Labute approximate surface area is 141 Å². The minimum absolute atomic E-state index is 0.0228. The summed E-state index contributed by atoms with van der Waals surface area (Å²) < 4.78 is 43.9. The number of hydrogen-bond donors (Lipinski definition) is 1. The van der Waals surface area contributed by atoms with Gasteiger partial charge in [0.25, 0.3) is 5.91 Å². The van der Waals surface area contributed by atoms with Crippen molar-refractivity contribution in [2.24, 2.45) is 5.41 Å². The number of nitrogens with zero attached hydrogens (tertiary/aromatic N) is 1. The molecule has 0 aromatic heterocycles. The third-order valence-electron chi connectivity index (χ3n) is 4.99. The number of hydrogen-bond acceptors (Lipinski definition) is 4. The molecule has 1 N–H and O–H groups in total. The van der Waals surface area contributed by atoms with E-state index in [-0.39, 0.29) is 23.1 Å². The maximum Gasteiger partial charge on any atom is 0.253 e. The van der Waals surface area contributed by atoms with Gasteiger partial charge in [0.05, 0.1) is 13.4 Å². The van der Waals surface area contributed by atoms with Gasteiger partial charge in [-0.3, -0.25) is 4.79 Å². The van der Waals surface area contributed by atoms with Crippen molar-refractivity contribution in [1.82, 2.24) is 9.62 Å². The summed E-state index contributed by atoms with van der Waals surface area (Å²) in [6.07, 6.45) is 3.49. The van der Waals surface area contributed by atoms with Crippen LogP contribution in [0.2, 0.25) is 0 Å². The lowest BCUT2D eigenvalue weighted by Crippen LogP contribution is -2.41. The predicted octanol–water partition coefficient (Wildman–Crippen LogP) is 1.38. The minimum Gasteiger partial charge on any atom is -0.494 e. The molecule has 1 saturated heterocycles. The zero-order chi connectivity index (χ0) is 17.5. The van der Waals surface area contributed by atoms with E-state index >= 15 is 0 Å². The number of likely N-dealkylation sites (tertiary alicyclic amines) is 1. The second-order valence-corrected chi connectivity index (χ2v) is 8.43. The van der Waals surface area contributed by atoms with Crippen LogP contribution in [0.25, 0.3) is 0 Å². The van der Waals surface area contributed by atoms with Crippen LogP contribution in [0.5, 0.6) is 5.75 Å². The molecule has 1 atom stereocenters. The Morgan fingerprint density at radius 3 is 2.58 bits per heavy atom. The smallest absolute Gasteiger partial charge is 0.253 e. The molecule has 8 heteroatoms. The molecule has 1 saturated carbocycles. The largest absolute Gasteiger partial charge is 0.494 e. The quantitative estimate of drug-likeness (QED) is 0.884. The number of nitrogens with one attached hydrogen (secondary N) is 1. The number of rotatable bonds is 4. The number of amides is 1. The molecule has 3 rings (SSSR count). The fourth-order valence-electron chi connectivity index (χ4n) is 3.46. The summed E-state index contributed by atoms with van der Waals surface area (Å²) in [5.74, 6) is -0.659. The van der Waals surface area contributed by atoms with Crippen molar-refractivity contribution in [3.8, 4) is 5.75 Å². The molecule has 2 fully saturated rings. The van der Waals surface area contributed by atoms with E-state index in [9.17, 15) is 17.6 Å². The van der Waals surface area contributed by atoms with Gasteiger partial charge in [0, 0.05) is 24.7 Å². The first-order valence-corrected chi connectivity index (χ1v) is 9.73. The molecule has 1 spiro atoms. The number of methoxy groups -OCH3 is 1. The zero-order valence-corrected chi connectivity index (χ0v) is 14.5. The van der Waals surface area contributed by atoms with Crippen molar-refractivity contribution < 1.29 is 22.3 Å². The number of carbonyl (C=O) groups excluding carboxylic acids is 1. The Balaban J connectivity index is 1.61. The molecular weight excluding hydrogens is 335 g/mol. The van der Waals surface area contributed by atoms with E-state index in [4.69, 9.17) is 4.74 Å². The molecule has 1 aliphatic heterocycles. The van der Waals surface area contributed by atoms with Crippen molar-refractivity contribution in [2.45, 2.75) is 25.3 Å². The maximum absolute atomic E-state index is 13.8. The van der Waals surface area contributed by atoms with Gasteiger partial charge in [0.2, 0.25) is 10.0 Å². The second kappa shape index (κ2) is 6.00. The molecule has 1 amide bonds. The lowest BCUT2D eigenvalue weighted by Gasteiger charge is -2.33. The SMILES string of the molecule is COc1ccc(C(=O)N2CCC3(CC2)C[C@@H]3NS(C)(=O)=O)cc1F. The van der Waals surface area contributed by atoms with Gasteiger partial charge in [-0.1, -0.05) is 0 Å². The van der Waals surface area contributed by atoms with Crippen LogP contribution in [0.4, 0.5) is 4.39 Å². The molecule has 6 nitrogen and oxygen atoms in total. The van der Waals surface area contributed by atoms with E-state index in [1.165, 1.54) is 19.2 Å². The number of piperidine rings is 1. The van der Waals surface area contributed by atoms with E-state index in [0.29, 0.717) is 18.7 Å². The monoisotopic (exact) mass is 356 g/mol. The fourth-order valence-corrected chi connectivity index (χ4v) is 4.31. The molecule has 0 bridgehead atoms. The van der Waals surface area contributed by atoms with Crippen molar-refractivity contribution in [2.75, 3.05) is 26.5 Å². The Bertz CT molecular complexity index is 757. The molecule has 1 aliphatic carbocycles.